The van der Waals surface area contributed by atoms with Crippen molar-refractivity contribution >= 4 is 5.91 Å². The maximum atomic E-state index is 11.4. The van der Waals surface area contributed by atoms with Gasteiger partial charge in [0, 0.05) is 52.1 Å². The van der Waals surface area contributed by atoms with Gasteiger partial charge in [-0.2, -0.15) is 0 Å². The Balaban J connectivity index is 2.00. The van der Waals surface area contributed by atoms with Crippen molar-refractivity contribution in [3.05, 3.63) is 0 Å². The lowest BCUT2D eigenvalue weighted by atomic mass is 10.2. The molecule has 1 rings (SSSR count). The van der Waals surface area contributed by atoms with E-state index in [0.29, 0.717) is 12.8 Å². The molecule has 0 aromatic carbocycles. The molecule has 1 aliphatic heterocycles. The SMILES string of the molecule is C#CCCCC(=O)NCCN1CCN(C)CC1. The van der Waals surface area contributed by atoms with Gasteiger partial charge in [-0.1, -0.05) is 0 Å². The molecule has 1 fully saturated rings. The fraction of sp³-hybridized carbons (Fsp3) is 0.769. The van der Waals surface area contributed by atoms with Crippen molar-refractivity contribution in [2.24, 2.45) is 0 Å². The third-order valence-electron chi connectivity index (χ3n) is 3.07. The summed E-state index contributed by atoms with van der Waals surface area (Å²) in [6.45, 7) is 6.15. The highest BCUT2D eigenvalue weighted by molar-refractivity contribution is 5.75. The minimum atomic E-state index is 0.120. The molecule has 4 heteroatoms. The van der Waals surface area contributed by atoms with E-state index < -0.39 is 0 Å². The van der Waals surface area contributed by atoms with Gasteiger partial charge in [0.15, 0.2) is 0 Å². The summed E-state index contributed by atoms with van der Waals surface area (Å²) in [5.74, 6) is 2.66. The highest BCUT2D eigenvalue weighted by atomic mass is 16.1. The molecule has 1 aliphatic rings. The maximum Gasteiger partial charge on any atom is 0.220 e. The van der Waals surface area contributed by atoms with E-state index in [2.05, 4.69) is 28.1 Å². The molecule has 1 saturated heterocycles. The Morgan fingerprint density at radius 3 is 2.71 bits per heavy atom. The van der Waals surface area contributed by atoms with Crippen LogP contribution in [0.2, 0.25) is 0 Å². The summed E-state index contributed by atoms with van der Waals surface area (Å²) in [5, 5.41) is 2.94. The molecule has 17 heavy (non-hydrogen) atoms. The first-order chi connectivity index (χ1) is 8.22. The number of hydrogen-bond acceptors (Lipinski definition) is 3. The first kappa shape index (κ1) is 14.0. The number of likely N-dealkylation sites (N-methyl/N-ethyl adjacent to an activating group) is 1. The summed E-state index contributed by atoms with van der Waals surface area (Å²) in [6, 6.07) is 0. The molecule has 0 aromatic heterocycles. The molecule has 0 radical (unpaired) electrons. The fourth-order valence-corrected chi connectivity index (χ4v) is 1.86. The number of piperazine rings is 1. The molecule has 0 atom stereocenters. The Kier molecular flexibility index (Phi) is 6.68. The predicted octanol–water partition coefficient (Wildman–Crippen LogP) is 0.154. The van der Waals surface area contributed by atoms with E-state index in [1.165, 1.54) is 0 Å². The average Bonchev–Trinajstić information content (AvgIpc) is 2.32. The third-order valence-corrected chi connectivity index (χ3v) is 3.07. The first-order valence-electron chi connectivity index (χ1n) is 6.33. The van der Waals surface area contributed by atoms with Crippen molar-refractivity contribution in [2.75, 3.05) is 46.3 Å². The van der Waals surface area contributed by atoms with Crippen LogP contribution < -0.4 is 5.32 Å². The van der Waals surface area contributed by atoms with Gasteiger partial charge >= 0.3 is 0 Å². The van der Waals surface area contributed by atoms with Crippen molar-refractivity contribution in [1.29, 1.82) is 0 Å². The zero-order valence-corrected chi connectivity index (χ0v) is 10.7. The minimum absolute atomic E-state index is 0.120. The molecule has 1 amide bonds. The highest BCUT2D eigenvalue weighted by Crippen LogP contribution is 1.98. The summed E-state index contributed by atoms with van der Waals surface area (Å²) in [7, 11) is 2.14. The summed E-state index contributed by atoms with van der Waals surface area (Å²) < 4.78 is 0. The lowest BCUT2D eigenvalue weighted by Gasteiger charge is -2.32. The summed E-state index contributed by atoms with van der Waals surface area (Å²) in [5.41, 5.74) is 0. The Hall–Kier alpha value is -1.05. The van der Waals surface area contributed by atoms with Gasteiger partial charge in [0.05, 0.1) is 0 Å². The molecule has 1 heterocycles. The van der Waals surface area contributed by atoms with Crippen molar-refractivity contribution in [2.45, 2.75) is 19.3 Å². The maximum absolute atomic E-state index is 11.4. The van der Waals surface area contributed by atoms with Crippen LogP contribution in [0, 0.1) is 12.3 Å². The second-order valence-corrected chi connectivity index (χ2v) is 4.55. The van der Waals surface area contributed by atoms with Gasteiger partial charge in [0.1, 0.15) is 0 Å². The number of amides is 1. The number of carbonyl (C=O) groups excluding carboxylic acids is 1. The van der Waals surface area contributed by atoms with Gasteiger partial charge in [-0.25, -0.2) is 0 Å². The number of unbranched alkanes of at least 4 members (excludes halogenated alkanes) is 1. The Bertz CT molecular complexity index is 264. The van der Waals surface area contributed by atoms with Crippen LogP contribution in [0.3, 0.4) is 0 Å². The van der Waals surface area contributed by atoms with Crippen LogP contribution in [0.1, 0.15) is 19.3 Å². The summed E-state index contributed by atoms with van der Waals surface area (Å²) >= 11 is 0. The molecule has 0 aromatic rings. The topological polar surface area (TPSA) is 35.6 Å². The second-order valence-electron chi connectivity index (χ2n) is 4.55. The smallest absolute Gasteiger partial charge is 0.220 e. The van der Waals surface area contributed by atoms with Crippen LogP contribution >= 0.6 is 0 Å². The zero-order valence-electron chi connectivity index (χ0n) is 10.7. The van der Waals surface area contributed by atoms with Crippen LogP contribution in [-0.2, 0) is 4.79 Å². The molecule has 0 saturated carbocycles. The lowest BCUT2D eigenvalue weighted by Crippen LogP contribution is -2.46. The number of nitrogens with zero attached hydrogens (tertiary/aromatic N) is 2. The predicted molar refractivity (Wildman–Crippen MR) is 69.6 cm³/mol. The monoisotopic (exact) mass is 237 g/mol. The lowest BCUT2D eigenvalue weighted by molar-refractivity contribution is -0.121. The quantitative estimate of drug-likeness (QED) is 0.528. The van der Waals surface area contributed by atoms with Crippen molar-refractivity contribution < 1.29 is 4.79 Å². The van der Waals surface area contributed by atoms with Crippen LogP contribution in [0.5, 0.6) is 0 Å². The van der Waals surface area contributed by atoms with E-state index in [1.54, 1.807) is 0 Å². The fourth-order valence-electron chi connectivity index (χ4n) is 1.86. The Morgan fingerprint density at radius 2 is 2.06 bits per heavy atom. The van der Waals surface area contributed by atoms with Gasteiger partial charge < -0.3 is 10.2 Å². The van der Waals surface area contributed by atoms with Crippen molar-refractivity contribution in [1.82, 2.24) is 15.1 Å². The van der Waals surface area contributed by atoms with E-state index >= 15 is 0 Å². The van der Waals surface area contributed by atoms with Gasteiger partial charge in [-0.3, -0.25) is 9.69 Å². The van der Waals surface area contributed by atoms with Crippen LogP contribution in [-0.4, -0.2) is 62.0 Å². The minimum Gasteiger partial charge on any atom is -0.355 e. The van der Waals surface area contributed by atoms with Crippen molar-refractivity contribution in [3.63, 3.8) is 0 Å². The summed E-state index contributed by atoms with van der Waals surface area (Å²) in [6.07, 6.45) is 7.15. The number of terminal acetylenes is 1. The van der Waals surface area contributed by atoms with Gasteiger partial charge in [0.25, 0.3) is 0 Å². The third kappa shape index (κ3) is 6.30. The van der Waals surface area contributed by atoms with Crippen molar-refractivity contribution in [3.8, 4) is 12.3 Å². The van der Waals surface area contributed by atoms with Crippen LogP contribution in [0.25, 0.3) is 0 Å². The Morgan fingerprint density at radius 1 is 1.35 bits per heavy atom. The largest absolute Gasteiger partial charge is 0.355 e. The van der Waals surface area contributed by atoms with E-state index in [0.717, 1.165) is 45.7 Å². The van der Waals surface area contributed by atoms with Gasteiger partial charge in [0.2, 0.25) is 5.91 Å². The van der Waals surface area contributed by atoms with Gasteiger partial charge in [-0.15, -0.1) is 12.3 Å². The molecule has 0 aliphatic carbocycles. The van der Waals surface area contributed by atoms with Gasteiger partial charge in [-0.05, 0) is 13.5 Å². The first-order valence-corrected chi connectivity index (χ1v) is 6.33. The Labute approximate surface area is 104 Å². The zero-order chi connectivity index (χ0) is 12.5. The standard InChI is InChI=1S/C13H23N3O/c1-3-4-5-6-13(17)14-7-8-16-11-9-15(2)10-12-16/h1H,4-12H2,2H3,(H,14,17). The number of rotatable bonds is 6. The molecule has 0 bridgehead atoms. The molecular weight excluding hydrogens is 214 g/mol. The second kappa shape index (κ2) is 8.10. The molecule has 4 nitrogen and oxygen atoms in total. The van der Waals surface area contributed by atoms with Crippen LogP contribution in [0.15, 0.2) is 0 Å². The van der Waals surface area contributed by atoms with E-state index in [4.69, 9.17) is 6.42 Å². The number of nitrogens with one attached hydrogen (secondary N) is 1. The molecular formula is C13H23N3O. The normalized spacial score (nSPS) is 17.6. The number of hydrogen-bond donors (Lipinski definition) is 1. The average molecular weight is 237 g/mol. The molecule has 1 N–H and O–H groups in total. The molecule has 96 valence electrons. The highest BCUT2D eigenvalue weighted by Gasteiger charge is 2.13. The molecule has 0 unspecified atom stereocenters. The van der Waals surface area contributed by atoms with Crippen LogP contribution in [0.4, 0.5) is 0 Å². The summed E-state index contributed by atoms with van der Waals surface area (Å²) in [4.78, 5) is 16.1. The molecule has 0 spiro atoms. The van der Waals surface area contributed by atoms with E-state index in [1.807, 2.05) is 0 Å². The van der Waals surface area contributed by atoms with E-state index in [-0.39, 0.29) is 5.91 Å². The number of carbonyl (C=O) groups is 1. The van der Waals surface area contributed by atoms with E-state index in [9.17, 15) is 4.79 Å².